The Morgan fingerprint density at radius 1 is 1.33 bits per heavy atom. The van der Waals surface area contributed by atoms with Crippen LogP contribution in [0.15, 0.2) is 29.6 Å². The number of aromatic nitrogens is 1. The van der Waals surface area contributed by atoms with Gasteiger partial charge in [0, 0.05) is 30.0 Å². The molecule has 1 aliphatic rings. The van der Waals surface area contributed by atoms with Gasteiger partial charge in [-0.3, -0.25) is 0 Å². The van der Waals surface area contributed by atoms with Gasteiger partial charge in [0.2, 0.25) is 0 Å². The minimum Gasteiger partial charge on any atom is -0.399 e. The van der Waals surface area contributed by atoms with E-state index in [-0.39, 0.29) is 0 Å². The van der Waals surface area contributed by atoms with Crippen molar-refractivity contribution in [2.24, 2.45) is 0 Å². The predicted octanol–water partition coefficient (Wildman–Crippen LogP) is 2.82. The molecule has 18 heavy (non-hydrogen) atoms. The molecule has 0 saturated carbocycles. The molecule has 2 heterocycles. The molecule has 2 aromatic rings. The number of benzene rings is 1. The summed E-state index contributed by atoms with van der Waals surface area (Å²) in [6.07, 6.45) is 1.99. The van der Waals surface area contributed by atoms with Crippen molar-refractivity contribution in [3.63, 3.8) is 0 Å². The maximum atomic E-state index is 5.68. The van der Waals surface area contributed by atoms with Crippen LogP contribution >= 0.6 is 11.3 Å². The molecule has 1 saturated heterocycles. The van der Waals surface area contributed by atoms with Crippen molar-refractivity contribution >= 4 is 17.0 Å². The van der Waals surface area contributed by atoms with Crippen LogP contribution in [0.2, 0.25) is 0 Å². The van der Waals surface area contributed by atoms with Crippen molar-refractivity contribution in [2.45, 2.75) is 18.8 Å². The number of ether oxygens (including phenoxy) is 1. The highest BCUT2D eigenvalue weighted by molar-refractivity contribution is 7.09. The van der Waals surface area contributed by atoms with Gasteiger partial charge in [0.25, 0.3) is 0 Å². The highest BCUT2D eigenvalue weighted by Gasteiger charge is 2.20. The van der Waals surface area contributed by atoms with Crippen molar-refractivity contribution in [1.29, 1.82) is 0 Å². The van der Waals surface area contributed by atoms with Gasteiger partial charge >= 0.3 is 0 Å². The maximum Gasteiger partial charge on any atom is 0.0972 e. The lowest BCUT2D eigenvalue weighted by Gasteiger charge is -2.02. The van der Waals surface area contributed by atoms with E-state index < -0.39 is 0 Å². The minimum absolute atomic E-state index is 0.501. The average molecular weight is 260 g/mol. The topological polar surface area (TPSA) is 48.1 Å². The molecule has 1 aliphatic heterocycles. The Bertz CT molecular complexity index is 515. The Hall–Kier alpha value is -1.39. The van der Waals surface area contributed by atoms with E-state index >= 15 is 0 Å². The molecule has 1 aromatic heterocycles. The summed E-state index contributed by atoms with van der Waals surface area (Å²) in [4.78, 5) is 4.72. The monoisotopic (exact) mass is 260 g/mol. The van der Waals surface area contributed by atoms with Crippen LogP contribution in [0.4, 0.5) is 5.69 Å². The number of hydrogen-bond acceptors (Lipinski definition) is 4. The molecular formula is C14H16N2OS. The van der Waals surface area contributed by atoms with Gasteiger partial charge in [-0.05, 0) is 24.1 Å². The van der Waals surface area contributed by atoms with Gasteiger partial charge in [0.15, 0.2) is 0 Å². The van der Waals surface area contributed by atoms with E-state index in [1.54, 1.807) is 11.3 Å². The first-order chi connectivity index (χ1) is 8.81. The smallest absolute Gasteiger partial charge is 0.0972 e. The van der Waals surface area contributed by atoms with Gasteiger partial charge in [-0.25, -0.2) is 4.98 Å². The summed E-state index contributed by atoms with van der Waals surface area (Å²) in [6.45, 7) is 1.69. The summed E-state index contributed by atoms with van der Waals surface area (Å²) in [7, 11) is 0. The average Bonchev–Trinajstić information content (AvgIpc) is 3.02. The summed E-state index contributed by atoms with van der Waals surface area (Å²) in [5, 5.41) is 3.34. The molecule has 0 amide bonds. The highest BCUT2D eigenvalue weighted by atomic mass is 32.1. The molecule has 1 fully saturated rings. The second-order valence-electron chi connectivity index (χ2n) is 4.64. The molecule has 3 nitrogen and oxygen atoms in total. The summed E-state index contributed by atoms with van der Waals surface area (Å²) >= 11 is 1.74. The molecule has 4 heteroatoms. The first kappa shape index (κ1) is 11.7. The summed E-state index contributed by atoms with van der Waals surface area (Å²) in [5.74, 6) is 0.501. The quantitative estimate of drug-likeness (QED) is 0.863. The van der Waals surface area contributed by atoms with E-state index in [9.17, 15) is 0 Å². The second-order valence-corrected chi connectivity index (χ2v) is 5.59. The fraction of sp³-hybridized carbons (Fsp3) is 0.357. The zero-order valence-corrected chi connectivity index (χ0v) is 11.0. The lowest BCUT2D eigenvalue weighted by molar-refractivity contribution is 0.193. The zero-order chi connectivity index (χ0) is 12.4. The third-order valence-electron chi connectivity index (χ3n) is 3.25. The first-order valence-corrected chi connectivity index (χ1v) is 7.06. The van der Waals surface area contributed by atoms with E-state index in [2.05, 4.69) is 17.5 Å². The van der Waals surface area contributed by atoms with Gasteiger partial charge in [-0.15, -0.1) is 11.3 Å². The molecule has 0 radical (unpaired) electrons. The number of nitrogens with two attached hydrogens (primary N) is 1. The summed E-state index contributed by atoms with van der Waals surface area (Å²) < 4.78 is 5.40. The zero-order valence-electron chi connectivity index (χ0n) is 10.1. The minimum atomic E-state index is 0.501. The molecule has 0 aliphatic carbocycles. The largest absolute Gasteiger partial charge is 0.399 e. The number of rotatable bonds is 3. The molecule has 1 unspecified atom stereocenters. The normalized spacial score (nSPS) is 19.2. The van der Waals surface area contributed by atoms with Crippen LogP contribution in [-0.2, 0) is 11.2 Å². The Balaban J connectivity index is 1.71. The Morgan fingerprint density at radius 2 is 2.17 bits per heavy atom. The van der Waals surface area contributed by atoms with Crippen molar-refractivity contribution in [3.05, 3.63) is 45.9 Å². The molecule has 2 N–H and O–H groups in total. The Kier molecular flexibility index (Phi) is 3.30. The SMILES string of the molecule is Nc1ccc(Cc2nc(C3CCOC3)cs2)cc1. The van der Waals surface area contributed by atoms with Gasteiger partial charge in [-0.2, -0.15) is 0 Å². The number of thiazole rings is 1. The standard InChI is InChI=1S/C14H16N2OS/c15-12-3-1-10(2-4-12)7-14-16-13(9-18-14)11-5-6-17-8-11/h1-4,9,11H,5-8,15H2. The maximum absolute atomic E-state index is 5.68. The van der Waals surface area contributed by atoms with E-state index in [1.165, 1.54) is 16.3 Å². The van der Waals surface area contributed by atoms with Crippen LogP contribution in [0, 0.1) is 0 Å². The first-order valence-electron chi connectivity index (χ1n) is 6.18. The van der Waals surface area contributed by atoms with E-state index in [1.807, 2.05) is 12.1 Å². The van der Waals surface area contributed by atoms with Crippen LogP contribution < -0.4 is 5.73 Å². The molecule has 0 bridgehead atoms. The molecular weight excluding hydrogens is 244 g/mol. The third-order valence-corrected chi connectivity index (χ3v) is 4.12. The number of hydrogen-bond donors (Lipinski definition) is 1. The van der Waals surface area contributed by atoms with Gasteiger partial charge in [0.1, 0.15) is 0 Å². The van der Waals surface area contributed by atoms with Gasteiger partial charge in [-0.1, -0.05) is 12.1 Å². The molecule has 1 aromatic carbocycles. The summed E-state index contributed by atoms with van der Waals surface area (Å²) in [5.41, 5.74) is 8.94. The molecule has 94 valence electrons. The van der Waals surface area contributed by atoms with Crippen LogP contribution in [0.3, 0.4) is 0 Å². The predicted molar refractivity (Wildman–Crippen MR) is 74.0 cm³/mol. The number of nitrogen functional groups attached to an aromatic ring is 1. The fourth-order valence-electron chi connectivity index (χ4n) is 2.17. The van der Waals surface area contributed by atoms with Crippen molar-refractivity contribution in [2.75, 3.05) is 18.9 Å². The number of nitrogens with zero attached hydrogens (tertiary/aromatic N) is 1. The van der Waals surface area contributed by atoms with Crippen LogP contribution in [0.5, 0.6) is 0 Å². The Morgan fingerprint density at radius 3 is 2.89 bits per heavy atom. The molecule has 3 rings (SSSR count). The van der Waals surface area contributed by atoms with Crippen LogP contribution in [0.1, 0.15) is 28.6 Å². The van der Waals surface area contributed by atoms with E-state index in [0.29, 0.717) is 5.92 Å². The van der Waals surface area contributed by atoms with Crippen LogP contribution in [-0.4, -0.2) is 18.2 Å². The molecule has 1 atom stereocenters. The summed E-state index contributed by atoms with van der Waals surface area (Å²) in [6, 6.07) is 8.01. The molecule has 0 spiro atoms. The van der Waals surface area contributed by atoms with Crippen molar-refractivity contribution < 1.29 is 4.74 Å². The van der Waals surface area contributed by atoms with Crippen LogP contribution in [0.25, 0.3) is 0 Å². The van der Waals surface area contributed by atoms with E-state index in [0.717, 1.165) is 31.7 Å². The lowest BCUT2D eigenvalue weighted by atomic mass is 10.1. The van der Waals surface area contributed by atoms with Crippen molar-refractivity contribution in [3.8, 4) is 0 Å². The fourth-order valence-corrected chi connectivity index (χ4v) is 3.08. The third kappa shape index (κ3) is 2.54. The Labute approximate surface area is 111 Å². The van der Waals surface area contributed by atoms with Gasteiger partial charge in [0.05, 0.1) is 17.3 Å². The highest BCUT2D eigenvalue weighted by Crippen LogP contribution is 2.27. The van der Waals surface area contributed by atoms with Crippen molar-refractivity contribution in [1.82, 2.24) is 4.98 Å². The number of anilines is 1. The van der Waals surface area contributed by atoms with Gasteiger partial charge < -0.3 is 10.5 Å². The second kappa shape index (κ2) is 5.08. The van der Waals surface area contributed by atoms with E-state index in [4.69, 9.17) is 15.5 Å². The lowest BCUT2D eigenvalue weighted by Crippen LogP contribution is -1.98.